The highest BCUT2D eigenvalue weighted by atomic mass is 32.2. The predicted octanol–water partition coefficient (Wildman–Crippen LogP) is 2.31. The molecule has 2 aliphatic rings. The maximum Gasteiger partial charge on any atom is 0.243 e. The minimum Gasteiger partial charge on any atom is -0.497 e. The van der Waals surface area contributed by atoms with Crippen LogP contribution in [0.15, 0.2) is 47.4 Å². The molecule has 27 heavy (non-hydrogen) atoms. The van der Waals surface area contributed by atoms with E-state index < -0.39 is 15.4 Å². The van der Waals surface area contributed by atoms with Crippen molar-refractivity contribution >= 4 is 21.6 Å². The molecule has 1 atom stereocenters. The van der Waals surface area contributed by atoms with Crippen LogP contribution < -0.4 is 9.64 Å². The minimum absolute atomic E-state index is 0.0626. The molecule has 2 aliphatic heterocycles. The molecule has 7 heteroatoms. The molecular formula is C20H22N2O4S. The average molecular weight is 386 g/mol. The number of carbonyl (C=O) groups is 1. The second-order valence-corrected chi connectivity index (χ2v) is 9.17. The third kappa shape index (κ3) is 2.56. The first-order valence-corrected chi connectivity index (χ1v) is 10.3. The third-order valence-corrected chi connectivity index (χ3v) is 7.55. The summed E-state index contributed by atoms with van der Waals surface area (Å²) in [6, 6.07) is 12.3. The van der Waals surface area contributed by atoms with Gasteiger partial charge in [-0.1, -0.05) is 17.7 Å². The number of methoxy groups -OCH3 is 1. The Bertz CT molecular complexity index is 1020. The number of benzene rings is 2. The Balaban J connectivity index is 1.74. The van der Waals surface area contributed by atoms with Crippen LogP contribution in [0, 0.1) is 6.92 Å². The van der Waals surface area contributed by atoms with E-state index in [2.05, 4.69) is 0 Å². The number of ether oxygens (including phenoxy) is 1. The van der Waals surface area contributed by atoms with Crippen LogP contribution in [0.3, 0.4) is 0 Å². The number of rotatable bonds is 3. The van der Waals surface area contributed by atoms with Gasteiger partial charge in [-0.15, -0.1) is 0 Å². The van der Waals surface area contributed by atoms with Crippen molar-refractivity contribution in [3.8, 4) is 5.75 Å². The van der Waals surface area contributed by atoms with Crippen LogP contribution in [0.25, 0.3) is 0 Å². The molecule has 2 heterocycles. The quantitative estimate of drug-likeness (QED) is 0.812. The maximum absolute atomic E-state index is 13.1. The van der Waals surface area contributed by atoms with Crippen molar-refractivity contribution in [2.75, 3.05) is 32.1 Å². The molecule has 0 N–H and O–H groups in total. The Labute approximate surface area is 159 Å². The predicted molar refractivity (Wildman–Crippen MR) is 103 cm³/mol. The van der Waals surface area contributed by atoms with Gasteiger partial charge < -0.3 is 9.64 Å². The molecule has 0 radical (unpaired) electrons. The Morgan fingerprint density at radius 2 is 1.81 bits per heavy atom. The SMILES string of the molecule is COc1ccc2c(c1)C1(CCN(S(=O)(=O)c3ccc(C)cc3)C1)C(=O)N2C. The van der Waals surface area contributed by atoms with Gasteiger partial charge in [-0.3, -0.25) is 4.79 Å². The number of nitrogens with zero attached hydrogens (tertiary/aromatic N) is 2. The van der Waals surface area contributed by atoms with Gasteiger partial charge in [0.25, 0.3) is 0 Å². The molecule has 0 aromatic heterocycles. The highest BCUT2D eigenvalue weighted by molar-refractivity contribution is 7.89. The first kappa shape index (κ1) is 18.0. The van der Waals surface area contributed by atoms with E-state index in [0.717, 1.165) is 16.8 Å². The number of aryl methyl sites for hydroxylation is 1. The summed E-state index contributed by atoms with van der Waals surface area (Å²) in [5.74, 6) is 0.600. The summed E-state index contributed by atoms with van der Waals surface area (Å²) in [5.41, 5.74) is 1.81. The van der Waals surface area contributed by atoms with Crippen LogP contribution >= 0.6 is 0 Å². The molecule has 1 saturated heterocycles. The Morgan fingerprint density at radius 1 is 1.11 bits per heavy atom. The number of carbonyl (C=O) groups excluding carboxylic acids is 1. The number of hydrogen-bond acceptors (Lipinski definition) is 4. The molecule has 1 unspecified atom stereocenters. The summed E-state index contributed by atoms with van der Waals surface area (Å²) >= 11 is 0. The molecule has 0 aliphatic carbocycles. The summed E-state index contributed by atoms with van der Waals surface area (Å²) < 4.78 is 32.9. The lowest BCUT2D eigenvalue weighted by molar-refractivity contribution is -0.122. The second kappa shape index (κ2) is 6.07. The molecule has 1 spiro atoms. The molecule has 4 rings (SSSR count). The zero-order valence-electron chi connectivity index (χ0n) is 15.6. The van der Waals surface area contributed by atoms with Crippen LogP contribution in [-0.2, 0) is 20.2 Å². The lowest BCUT2D eigenvalue weighted by Crippen LogP contribution is -2.42. The monoisotopic (exact) mass is 386 g/mol. The average Bonchev–Trinajstić information content (AvgIpc) is 3.21. The van der Waals surface area contributed by atoms with Gasteiger partial charge in [0.05, 0.1) is 17.4 Å². The van der Waals surface area contributed by atoms with E-state index in [4.69, 9.17) is 4.74 Å². The van der Waals surface area contributed by atoms with Crippen LogP contribution in [0.4, 0.5) is 5.69 Å². The van der Waals surface area contributed by atoms with Crippen molar-refractivity contribution in [2.24, 2.45) is 0 Å². The highest BCUT2D eigenvalue weighted by Gasteiger charge is 2.55. The number of hydrogen-bond donors (Lipinski definition) is 0. The smallest absolute Gasteiger partial charge is 0.243 e. The van der Waals surface area contributed by atoms with Gasteiger partial charge >= 0.3 is 0 Å². The Morgan fingerprint density at radius 3 is 2.48 bits per heavy atom. The topological polar surface area (TPSA) is 66.9 Å². The zero-order chi connectivity index (χ0) is 19.4. The zero-order valence-corrected chi connectivity index (χ0v) is 16.4. The molecule has 142 valence electrons. The van der Waals surface area contributed by atoms with E-state index in [-0.39, 0.29) is 17.3 Å². The van der Waals surface area contributed by atoms with Crippen molar-refractivity contribution in [1.82, 2.24) is 4.31 Å². The summed E-state index contributed by atoms with van der Waals surface area (Å²) in [6.45, 7) is 2.37. The number of fused-ring (bicyclic) bond motifs is 2. The van der Waals surface area contributed by atoms with Crippen LogP contribution in [0.1, 0.15) is 17.5 Å². The maximum atomic E-state index is 13.1. The molecule has 0 saturated carbocycles. The van der Waals surface area contributed by atoms with Gasteiger partial charge in [0, 0.05) is 25.8 Å². The molecule has 2 aromatic rings. The first-order chi connectivity index (χ1) is 12.8. The van der Waals surface area contributed by atoms with Crippen molar-refractivity contribution < 1.29 is 17.9 Å². The Hall–Kier alpha value is -2.38. The van der Waals surface area contributed by atoms with E-state index >= 15 is 0 Å². The summed E-state index contributed by atoms with van der Waals surface area (Å²) in [7, 11) is -0.330. The van der Waals surface area contributed by atoms with E-state index in [1.165, 1.54) is 4.31 Å². The van der Waals surface area contributed by atoms with Gasteiger partial charge in [-0.05, 0) is 49.2 Å². The van der Waals surface area contributed by atoms with Gasteiger partial charge in [-0.2, -0.15) is 4.31 Å². The Kier molecular flexibility index (Phi) is 4.05. The van der Waals surface area contributed by atoms with Crippen LogP contribution in [0.5, 0.6) is 5.75 Å². The number of anilines is 1. The van der Waals surface area contributed by atoms with Gasteiger partial charge in [0.1, 0.15) is 5.75 Å². The van der Waals surface area contributed by atoms with Gasteiger partial charge in [-0.25, -0.2) is 8.42 Å². The van der Waals surface area contributed by atoms with E-state index in [1.54, 1.807) is 43.3 Å². The second-order valence-electron chi connectivity index (χ2n) is 7.23. The lowest BCUT2D eigenvalue weighted by atomic mass is 9.81. The molecule has 0 bridgehead atoms. The summed E-state index contributed by atoms with van der Waals surface area (Å²) in [6.07, 6.45) is 0.460. The van der Waals surface area contributed by atoms with Crippen molar-refractivity contribution in [2.45, 2.75) is 23.7 Å². The first-order valence-electron chi connectivity index (χ1n) is 8.83. The molecule has 2 aromatic carbocycles. The fourth-order valence-electron chi connectivity index (χ4n) is 4.10. The van der Waals surface area contributed by atoms with E-state index in [1.807, 2.05) is 25.1 Å². The third-order valence-electron chi connectivity index (χ3n) is 5.69. The number of sulfonamides is 1. The number of amides is 1. The normalized spacial score (nSPS) is 22.5. The fraction of sp³-hybridized carbons (Fsp3) is 0.350. The van der Waals surface area contributed by atoms with E-state index in [9.17, 15) is 13.2 Å². The summed E-state index contributed by atoms with van der Waals surface area (Å²) in [4.78, 5) is 15.0. The molecule has 6 nitrogen and oxygen atoms in total. The highest BCUT2D eigenvalue weighted by Crippen LogP contribution is 2.48. The lowest BCUT2D eigenvalue weighted by Gasteiger charge is -2.23. The minimum atomic E-state index is -3.65. The molecule has 1 amide bonds. The van der Waals surface area contributed by atoms with Crippen molar-refractivity contribution in [3.05, 3.63) is 53.6 Å². The number of likely N-dealkylation sites (N-methyl/N-ethyl adjacent to an activating group) is 1. The molecule has 1 fully saturated rings. The standard InChI is InChI=1S/C20H22N2O4S/c1-14-4-7-16(8-5-14)27(24,25)22-11-10-20(13-22)17-12-15(26-3)6-9-18(17)21(2)19(20)23/h4-9,12H,10-11,13H2,1-3H3. The van der Waals surface area contributed by atoms with Gasteiger partial charge in [0.2, 0.25) is 15.9 Å². The fourth-order valence-corrected chi connectivity index (χ4v) is 5.60. The largest absolute Gasteiger partial charge is 0.497 e. The van der Waals surface area contributed by atoms with E-state index in [0.29, 0.717) is 18.7 Å². The van der Waals surface area contributed by atoms with Crippen molar-refractivity contribution in [3.63, 3.8) is 0 Å². The summed E-state index contributed by atoms with van der Waals surface area (Å²) in [5, 5.41) is 0. The van der Waals surface area contributed by atoms with Crippen LogP contribution in [-0.4, -0.2) is 45.9 Å². The van der Waals surface area contributed by atoms with Gasteiger partial charge in [0.15, 0.2) is 0 Å². The van der Waals surface area contributed by atoms with Crippen LogP contribution in [0.2, 0.25) is 0 Å². The van der Waals surface area contributed by atoms with Crippen molar-refractivity contribution in [1.29, 1.82) is 0 Å². The molecular weight excluding hydrogens is 364 g/mol.